The van der Waals surface area contributed by atoms with E-state index in [1.165, 1.54) is 12.1 Å². The Balaban J connectivity index is 1.92. The summed E-state index contributed by atoms with van der Waals surface area (Å²) < 4.78 is 39.1. The maximum atomic E-state index is 13.0. The van der Waals surface area contributed by atoms with Gasteiger partial charge in [-0.1, -0.05) is 17.7 Å². The number of hydrogen-bond donors (Lipinski definition) is 1. The summed E-state index contributed by atoms with van der Waals surface area (Å²) >= 11 is 5.72. The van der Waals surface area contributed by atoms with Gasteiger partial charge in [0.05, 0.1) is 10.6 Å². The van der Waals surface area contributed by atoms with Gasteiger partial charge in [0.15, 0.2) is 0 Å². The number of rotatable bonds is 3. The first-order valence-corrected chi connectivity index (χ1v) is 7.66. The number of halogens is 4. The van der Waals surface area contributed by atoms with E-state index in [-0.39, 0.29) is 11.1 Å². The summed E-state index contributed by atoms with van der Waals surface area (Å²) in [5.74, 6) is 0.477. The van der Waals surface area contributed by atoms with E-state index in [2.05, 4.69) is 10.2 Å². The molecule has 1 aromatic rings. The molecule has 21 heavy (non-hydrogen) atoms. The van der Waals surface area contributed by atoms with E-state index >= 15 is 0 Å². The summed E-state index contributed by atoms with van der Waals surface area (Å²) in [7, 11) is 0. The molecule has 0 unspecified atom stereocenters. The fraction of sp³-hybridized carbons (Fsp3) is 0.600. The van der Waals surface area contributed by atoms with E-state index in [1.807, 2.05) is 0 Å². The second-order valence-corrected chi connectivity index (χ2v) is 6.21. The lowest BCUT2D eigenvalue weighted by atomic mass is 9.97. The molecule has 0 spiro atoms. The van der Waals surface area contributed by atoms with Crippen LogP contribution in [0.3, 0.4) is 0 Å². The van der Waals surface area contributed by atoms with Crippen molar-refractivity contribution in [2.24, 2.45) is 5.92 Å². The van der Waals surface area contributed by atoms with E-state index in [0.29, 0.717) is 5.92 Å². The Labute approximate surface area is 127 Å². The Morgan fingerprint density at radius 1 is 1.19 bits per heavy atom. The zero-order valence-electron chi connectivity index (χ0n) is 11.6. The standard InChI is InChI=1S/C15H18ClF3N2/c16-13-4-3-11(9-12(13)15(17,18)19)14(10-1-2-10)21-7-5-20-6-8-21/h3-4,9-10,14,20H,1-2,5-8H2/t14-/m0/s1. The Morgan fingerprint density at radius 2 is 1.86 bits per heavy atom. The van der Waals surface area contributed by atoms with Crippen molar-refractivity contribution in [3.05, 3.63) is 34.3 Å². The lowest BCUT2D eigenvalue weighted by Crippen LogP contribution is -2.45. The maximum absolute atomic E-state index is 13.0. The summed E-state index contributed by atoms with van der Waals surface area (Å²) in [5, 5.41) is 3.06. The van der Waals surface area contributed by atoms with Gasteiger partial charge in [0.2, 0.25) is 0 Å². The van der Waals surface area contributed by atoms with Crippen LogP contribution in [0, 0.1) is 5.92 Å². The minimum Gasteiger partial charge on any atom is -0.314 e. The Kier molecular flexibility index (Phi) is 4.17. The smallest absolute Gasteiger partial charge is 0.314 e. The predicted molar refractivity (Wildman–Crippen MR) is 76.4 cm³/mol. The van der Waals surface area contributed by atoms with E-state index in [0.717, 1.165) is 44.6 Å². The fourth-order valence-electron chi connectivity index (χ4n) is 3.10. The topological polar surface area (TPSA) is 15.3 Å². The van der Waals surface area contributed by atoms with Crippen molar-refractivity contribution in [1.82, 2.24) is 10.2 Å². The summed E-state index contributed by atoms with van der Waals surface area (Å²) in [5.41, 5.74) is 0.0265. The molecule has 2 aliphatic rings. The van der Waals surface area contributed by atoms with Gasteiger partial charge in [0.1, 0.15) is 0 Å². The monoisotopic (exact) mass is 318 g/mol. The molecular formula is C15H18ClF3N2. The van der Waals surface area contributed by atoms with Gasteiger partial charge in [-0.3, -0.25) is 4.90 Å². The molecule has 1 N–H and O–H groups in total. The molecule has 1 aliphatic heterocycles. The largest absolute Gasteiger partial charge is 0.417 e. The van der Waals surface area contributed by atoms with E-state index in [4.69, 9.17) is 11.6 Å². The molecule has 2 fully saturated rings. The molecule has 1 saturated heterocycles. The number of nitrogens with one attached hydrogen (secondary N) is 1. The molecule has 116 valence electrons. The Hall–Kier alpha value is -0.780. The third-order valence-electron chi connectivity index (χ3n) is 4.25. The van der Waals surface area contributed by atoms with Crippen LogP contribution in [0.4, 0.5) is 13.2 Å². The lowest BCUT2D eigenvalue weighted by Gasteiger charge is -2.35. The molecule has 0 aromatic heterocycles. The average Bonchev–Trinajstić information content (AvgIpc) is 3.25. The number of alkyl halides is 3. The van der Waals surface area contributed by atoms with Crippen molar-refractivity contribution in [2.75, 3.05) is 26.2 Å². The van der Waals surface area contributed by atoms with Crippen LogP contribution in [-0.2, 0) is 6.18 Å². The molecule has 1 aliphatic carbocycles. The highest BCUT2D eigenvalue weighted by molar-refractivity contribution is 6.31. The number of nitrogens with zero attached hydrogens (tertiary/aromatic N) is 1. The third kappa shape index (κ3) is 3.35. The van der Waals surface area contributed by atoms with Crippen LogP contribution in [0.25, 0.3) is 0 Å². The van der Waals surface area contributed by atoms with Gasteiger partial charge in [0.25, 0.3) is 0 Å². The van der Waals surface area contributed by atoms with Gasteiger partial charge < -0.3 is 5.32 Å². The highest BCUT2D eigenvalue weighted by Gasteiger charge is 2.39. The molecule has 0 radical (unpaired) electrons. The second-order valence-electron chi connectivity index (χ2n) is 5.81. The van der Waals surface area contributed by atoms with Crippen LogP contribution in [-0.4, -0.2) is 31.1 Å². The summed E-state index contributed by atoms with van der Waals surface area (Å²) in [6, 6.07) is 4.47. The van der Waals surface area contributed by atoms with Crippen LogP contribution in [0.1, 0.15) is 30.0 Å². The zero-order valence-corrected chi connectivity index (χ0v) is 12.3. The van der Waals surface area contributed by atoms with Crippen LogP contribution in [0.2, 0.25) is 5.02 Å². The van der Waals surface area contributed by atoms with Crippen molar-refractivity contribution in [1.29, 1.82) is 0 Å². The average molecular weight is 319 g/mol. The van der Waals surface area contributed by atoms with Crippen molar-refractivity contribution >= 4 is 11.6 Å². The van der Waals surface area contributed by atoms with Crippen LogP contribution >= 0.6 is 11.6 Å². The first-order valence-electron chi connectivity index (χ1n) is 7.28. The SMILES string of the molecule is FC(F)(F)c1cc([C@H](C2CC2)N2CCNCC2)ccc1Cl. The molecule has 1 saturated carbocycles. The van der Waals surface area contributed by atoms with Gasteiger partial charge in [-0.2, -0.15) is 13.2 Å². The summed E-state index contributed by atoms with van der Waals surface area (Å²) in [6.07, 6.45) is -2.21. The second kappa shape index (κ2) is 5.78. The summed E-state index contributed by atoms with van der Waals surface area (Å²) in [6.45, 7) is 3.54. The molecule has 1 atom stereocenters. The van der Waals surface area contributed by atoms with Gasteiger partial charge in [0, 0.05) is 32.2 Å². The highest BCUT2D eigenvalue weighted by Crippen LogP contribution is 2.46. The van der Waals surface area contributed by atoms with Crippen molar-refractivity contribution in [2.45, 2.75) is 25.1 Å². The number of benzene rings is 1. The molecular weight excluding hydrogens is 301 g/mol. The molecule has 1 aromatic carbocycles. The molecule has 2 nitrogen and oxygen atoms in total. The van der Waals surface area contributed by atoms with Crippen LogP contribution in [0.15, 0.2) is 18.2 Å². The number of piperazine rings is 1. The van der Waals surface area contributed by atoms with Gasteiger partial charge in [-0.15, -0.1) is 0 Å². The van der Waals surface area contributed by atoms with Crippen molar-refractivity contribution in [3.8, 4) is 0 Å². The quantitative estimate of drug-likeness (QED) is 0.914. The highest BCUT2D eigenvalue weighted by atomic mass is 35.5. The number of hydrogen-bond acceptors (Lipinski definition) is 2. The Bertz CT molecular complexity index is 508. The maximum Gasteiger partial charge on any atom is 0.417 e. The van der Waals surface area contributed by atoms with Gasteiger partial charge >= 0.3 is 6.18 Å². The summed E-state index contributed by atoms with van der Waals surface area (Å²) in [4.78, 5) is 2.30. The molecule has 1 heterocycles. The molecule has 6 heteroatoms. The minimum atomic E-state index is -4.40. The first-order chi connectivity index (χ1) is 9.97. The Morgan fingerprint density at radius 3 is 2.43 bits per heavy atom. The van der Waals surface area contributed by atoms with Gasteiger partial charge in [-0.05, 0) is 36.5 Å². The predicted octanol–water partition coefficient (Wildman–Crippen LogP) is 3.72. The van der Waals surface area contributed by atoms with Crippen LogP contribution in [0.5, 0.6) is 0 Å². The normalized spacial score (nSPS) is 22.3. The molecule has 0 amide bonds. The third-order valence-corrected chi connectivity index (χ3v) is 4.58. The first kappa shape index (κ1) is 15.1. The van der Waals surface area contributed by atoms with Gasteiger partial charge in [-0.25, -0.2) is 0 Å². The lowest BCUT2D eigenvalue weighted by molar-refractivity contribution is -0.137. The zero-order chi connectivity index (χ0) is 15.0. The van der Waals surface area contributed by atoms with E-state index < -0.39 is 11.7 Å². The fourth-order valence-corrected chi connectivity index (χ4v) is 3.32. The van der Waals surface area contributed by atoms with E-state index in [9.17, 15) is 13.2 Å². The molecule has 0 bridgehead atoms. The minimum absolute atomic E-state index is 0.0884. The van der Waals surface area contributed by atoms with Crippen molar-refractivity contribution in [3.63, 3.8) is 0 Å². The van der Waals surface area contributed by atoms with Crippen LogP contribution < -0.4 is 5.32 Å². The van der Waals surface area contributed by atoms with Crippen molar-refractivity contribution < 1.29 is 13.2 Å². The molecule has 3 rings (SSSR count). The van der Waals surface area contributed by atoms with E-state index in [1.54, 1.807) is 6.07 Å².